The Morgan fingerprint density at radius 1 is 1.31 bits per heavy atom. The standard InChI is InChI=1S/C12H17Cl/c1-4-12(2,3)9-10-6-5-7-11(13)8-10/h5-8H,4,9H2,1-3H3. The Morgan fingerprint density at radius 3 is 2.54 bits per heavy atom. The van der Waals surface area contributed by atoms with Gasteiger partial charge in [0, 0.05) is 5.02 Å². The first kappa shape index (κ1) is 10.6. The topological polar surface area (TPSA) is 0 Å². The van der Waals surface area contributed by atoms with Crippen LogP contribution in [0.3, 0.4) is 0 Å². The van der Waals surface area contributed by atoms with Gasteiger partial charge < -0.3 is 0 Å². The van der Waals surface area contributed by atoms with Crippen molar-refractivity contribution in [2.45, 2.75) is 33.6 Å². The van der Waals surface area contributed by atoms with Crippen molar-refractivity contribution in [2.24, 2.45) is 5.41 Å². The Labute approximate surface area is 85.9 Å². The minimum Gasteiger partial charge on any atom is -0.0843 e. The van der Waals surface area contributed by atoms with Gasteiger partial charge in [0.2, 0.25) is 0 Å². The molecule has 0 radical (unpaired) electrons. The molecule has 0 aliphatic heterocycles. The zero-order chi connectivity index (χ0) is 9.90. The Kier molecular flexibility index (Phi) is 3.38. The average molecular weight is 197 g/mol. The first-order valence-electron chi connectivity index (χ1n) is 4.78. The second-order valence-electron chi connectivity index (χ2n) is 4.32. The molecule has 0 bridgehead atoms. The highest BCUT2D eigenvalue weighted by Gasteiger charge is 2.15. The predicted molar refractivity (Wildman–Crippen MR) is 59.2 cm³/mol. The zero-order valence-corrected chi connectivity index (χ0v) is 9.36. The molecule has 0 N–H and O–H groups in total. The van der Waals surface area contributed by atoms with E-state index in [-0.39, 0.29) is 0 Å². The summed E-state index contributed by atoms with van der Waals surface area (Å²) in [5.41, 5.74) is 1.71. The first-order chi connectivity index (χ1) is 6.03. The summed E-state index contributed by atoms with van der Waals surface area (Å²) in [5.74, 6) is 0. The fourth-order valence-electron chi connectivity index (χ4n) is 1.32. The van der Waals surface area contributed by atoms with Crippen LogP contribution < -0.4 is 0 Å². The van der Waals surface area contributed by atoms with Gasteiger partial charge in [-0.3, -0.25) is 0 Å². The molecular formula is C12H17Cl. The summed E-state index contributed by atoms with van der Waals surface area (Å²) in [4.78, 5) is 0. The van der Waals surface area contributed by atoms with Crippen LogP contribution in [0.15, 0.2) is 24.3 Å². The van der Waals surface area contributed by atoms with Crippen molar-refractivity contribution in [3.63, 3.8) is 0 Å². The molecule has 0 nitrogen and oxygen atoms in total. The molecule has 0 saturated carbocycles. The summed E-state index contributed by atoms with van der Waals surface area (Å²) in [5, 5.41) is 0.837. The van der Waals surface area contributed by atoms with Gasteiger partial charge in [-0.15, -0.1) is 0 Å². The van der Waals surface area contributed by atoms with Crippen LogP contribution in [-0.2, 0) is 6.42 Å². The van der Waals surface area contributed by atoms with Crippen molar-refractivity contribution in [1.29, 1.82) is 0 Å². The lowest BCUT2D eigenvalue weighted by Crippen LogP contribution is -2.13. The Bertz CT molecular complexity index is 276. The fraction of sp³-hybridized carbons (Fsp3) is 0.500. The molecule has 0 unspecified atom stereocenters. The summed E-state index contributed by atoms with van der Waals surface area (Å²) in [6, 6.07) is 8.13. The van der Waals surface area contributed by atoms with E-state index in [1.807, 2.05) is 12.1 Å². The van der Waals surface area contributed by atoms with E-state index < -0.39 is 0 Å². The van der Waals surface area contributed by atoms with Gasteiger partial charge in [0.25, 0.3) is 0 Å². The van der Waals surface area contributed by atoms with E-state index in [4.69, 9.17) is 11.6 Å². The molecule has 0 aliphatic rings. The number of hydrogen-bond donors (Lipinski definition) is 0. The van der Waals surface area contributed by atoms with Gasteiger partial charge >= 0.3 is 0 Å². The van der Waals surface area contributed by atoms with Crippen molar-refractivity contribution in [3.05, 3.63) is 34.9 Å². The summed E-state index contributed by atoms with van der Waals surface area (Å²) < 4.78 is 0. The maximum Gasteiger partial charge on any atom is 0.0408 e. The van der Waals surface area contributed by atoms with Crippen LogP contribution in [0.5, 0.6) is 0 Å². The Balaban J connectivity index is 2.74. The highest BCUT2D eigenvalue weighted by atomic mass is 35.5. The number of benzene rings is 1. The molecule has 1 aromatic carbocycles. The lowest BCUT2D eigenvalue weighted by molar-refractivity contribution is 0.349. The Hall–Kier alpha value is -0.490. The van der Waals surface area contributed by atoms with E-state index in [1.54, 1.807) is 0 Å². The molecule has 0 saturated heterocycles. The van der Waals surface area contributed by atoms with E-state index >= 15 is 0 Å². The largest absolute Gasteiger partial charge is 0.0843 e. The lowest BCUT2D eigenvalue weighted by Gasteiger charge is -2.22. The van der Waals surface area contributed by atoms with Gasteiger partial charge in [0.1, 0.15) is 0 Å². The van der Waals surface area contributed by atoms with Gasteiger partial charge in [-0.25, -0.2) is 0 Å². The van der Waals surface area contributed by atoms with Crippen LogP contribution >= 0.6 is 11.6 Å². The highest BCUT2D eigenvalue weighted by molar-refractivity contribution is 6.30. The molecule has 0 heterocycles. The average Bonchev–Trinajstić information content (AvgIpc) is 2.03. The van der Waals surface area contributed by atoms with Crippen LogP contribution in [0.25, 0.3) is 0 Å². The summed E-state index contributed by atoms with van der Waals surface area (Å²) in [6.45, 7) is 6.80. The van der Waals surface area contributed by atoms with Crippen molar-refractivity contribution >= 4 is 11.6 Å². The van der Waals surface area contributed by atoms with Gasteiger partial charge in [-0.05, 0) is 29.5 Å². The maximum atomic E-state index is 5.92. The van der Waals surface area contributed by atoms with E-state index in [0.29, 0.717) is 5.41 Å². The van der Waals surface area contributed by atoms with E-state index in [2.05, 4.69) is 32.9 Å². The summed E-state index contributed by atoms with van der Waals surface area (Å²) >= 11 is 5.92. The summed E-state index contributed by atoms with van der Waals surface area (Å²) in [7, 11) is 0. The van der Waals surface area contributed by atoms with E-state index in [0.717, 1.165) is 11.4 Å². The van der Waals surface area contributed by atoms with Crippen LogP contribution in [-0.4, -0.2) is 0 Å². The number of halogens is 1. The molecule has 13 heavy (non-hydrogen) atoms. The molecule has 72 valence electrons. The summed E-state index contributed by atoms with van der Waals surface area (Å²) in [6.07, 6.45) is 2.30. The van der Waals surface area contributed by atoms with Crippen molar-refractivity contribution in [1.82, 2.24) is 0 Å². The minimum absolute atomic E-state index is 0.380. The molecule has 0 spiro atoms. The lowest BCUT2D eigenvalue weighted by atomic mass is 9.83. The zero-order valence-electron chi connectivity index (χ0n) is 8.60. The van der Waals surface area contributed by atoms with Gasteiger partial charge in [0.15, 0.2) is 0 Å². The molecule has 0 atom stereocenters. The third kappa shape index (κ3) is 3.40. The molecule has 1 aromatic rings. The van der Waals surface area contributed by atoms with Crippen LogP contribution in [0, 0.1) is 5.41 Å². The predicted octanol–water partition coefficient (Wildman–Crippen LogP) is 4.32. The quantitative estimate of drug-likeness (QED) is 0.676. The number of hydrogen-bond acceptors (Lipinski definition) is 0. The van der Waals surface area contributed by atoms with Crippen molar-refractivity contribution in [3.8, 4) is 0 Å². The van der Waals surface area contributed by atoms with E-state index in [9.17, 15) is 0 Å². The minimum atomic E-state index is 0.380. The first-order valence-corrected chi connectivity index (χ1v) is 5.16. The second-order valence-corrected chi connectivity index (χ2v) is 4.76. The van der Waals surface area contributed by atoms with Gasteiger partial charge in [-0.1, -0.05) is 50.9 Å². The van der Waals surface area contributed by atoms with Crippen LogP contribution in [0.1, 0.15) is 32.8 Å². The highest BCUT2D eigenvalue weighted by Crippen LogP contribution is 2.26. The Morgan fingerprint density at radius 2 is 2.00 bits per heavy atom. The second kappa shape index (κ2) is 4.15. The monoisotopic (exact) mass is 196 g/mol. The molecule has 1 heteroatoms. The van der Waals surface area contributed by atoms with Gasteiger partial charge in [-0.2, -0.15) is 0 Å². The molecule has 0 aliphatic carbocycles. The van der Waals surface area contributed by atoms with E-state index in [1.165, 1.54) is 12.0 Å². The molecule has 0 fully saturated rings. The SMILES string of the molecule is CCC(C)(C)Cc1cccc(Cl)c1. The smallest absolute Gasteiger partial charge is 0.0408 e. The normalized spacial score (nSPS) is 11.7. The maximum absolute atomic E-state index is 5.92. The number of rotatable bonds is 3. The molecule has 1 rings (SSSR count). The fourth-order valence-corrected chi connectivity index (χ4v) is 1.54. The third-order valence-corrected chi connectivity index (χ3v) is 2.76. The molecular weight excluding hydrogens is 180 g/mol. The van der Waals surface area contributed by atoms with Crippen molar-refractivity contribution < 1.29 is 0 Å². The van der Waals surface area contributed by atoms with Crippen molar-refractivity contribution in [2.75, 3.05) is 0 Å². The molecule has 0 amide bonds. The third-order valence-electron chi connectivity index (χ3n) is 2.53. The van der Waals surface area contributed by atoms with Gasteiger partial charge in [0.05, 0.1) is 0 Å². The molecule has 0 aromatic heterocycles. The van der Waals surface area contributed by atoms with Crippen LogP contribution in [0.4, 0.5) is 0 Å². The van der Waals surface area contributed by atoms with Crippen LogP contribution in [0.2, 0.25) is 5.02 Å².